The summed E-state index contributed by atoms with van der Waals surface area (Å²) in [5.41, 5.74) is 12.9. The molecule has 0 unspecified atom stereocenters. The first-order valence-corrected chi connectivity index (χ1v) is 18.7. The summed E-state index contributed by atoms with van der Waals surface area (Å²) in [6.07, 6.45) is 4.98. The van der Waals surface area contributed by atoms with Crippen LogP contribution in [0.1, 0.15) is 64.2 Å². The van der Waals surface area contributed by atoms with Crippen LogP contribution in [0.2, 0.25) is 0 Å². The first-order chi connectivity index (χ1) is 26.3. The number of carbonyl (C=O) groups is 4. The van der Waals surface area contributed by atoms with Gasteiger partial charge in [-0.25, -0.2) is 9.59 Å². The maximum Gasteiger partial charge on any atom is 0.328 e. The number of nitrogens with one attached hydrogen (secondary N) is 2. The predicted molar refractivity (Wildman–Crippen MR) is 210 cm³/mol. The first kappa shape index (κ1) is 41.6. The summed E-state index contributed by atoms with van der Waals surface area (Å²) in [5.74, 6) is -0.206. The van der Waals surface area contributed by atoms with Gasteiger partial charge in [0.2, 0.25) is 11.8 Å². The summed E-state index contributed by atoms with van der Waals surface area (Å²) in [6, 6.07) is 22.5. The molecule has 0 saturated carbocycles. The van der Waals surface area contributed by atoms with E-state index < -0.39 is 24.0 Å². The molecule has 0 spiro atoms. The molecule has 0 radical (unpaired) electrons. The van der Waals surface area contributed by atoms with Gasteiger partial charge in [-0.2, -0.15) is 0 Å². The number of unbranched alkanes of at least 4 members (excludes halogenated alkanes) is 2. The Balaban J connectivity index is 1.51. The molecule has 2 atom stereocenters. The number of benzene rings is 4. The van der Waals surface area contributed by atoms with E-state index in [1.807, 2.05) is 72.8 Å². The third-order valence-corrected chi connectivity index (χ3v) is 9.18. The number of carbonyl (C=O) groups excluding carboxylic acids is 4. The van der Waals surface area contributed by atoms with Crippen molar-refractivity contribution in [2.24, 2.45) is 11.5 Å². The van der Waals surface area contributed by atoms with Gasteiger partial charge in [-0.1, -0.05) is 60.7 Å². The average molecular weight is 743 g/mol. The summed E-state index contributed by atoms with van der Waals surface area (Å²) in [5, 5.41) is 9.56. The highest BCUT2D eigenvalue weighted by Gasteiger charge is 2.23. The van der Waals surface area contributed by atoms with Crippen molar-refractivity contribution in [1.82, 2.24) is 10.6 Å². The Morgan fingerprint density at radius 3 is 1.35 bits per heavy atom. The molecule has 4 rings (SSSR count). The van der Waals surface area contributed by atoms with Crippen LogP contribution in [-0.4, -0.2) is 76.4 Å². The lowest BCUT2D eigenvalue weighted by molar-refractivity contribution is -0.145. The molecule has 6 N–H and O–H groups in total. The number of hydrogen-bond acceptors (Lipinski definition) is 10. The second kappa shape index (κ2) is 22.1. The largest absolute Gasteiger partial charge is 0.493 e. The van der Waals surface area contributed by atoms with Crippen LogP contribution in [0.25, 0.3) is 32.7 Å². The SMILES string of the molecule is COC(=O)[C@@H](CCCCN)NC(=O)CCCOc1ccc2ccccc2c1-c1c(OCCCC(=O)N[C@H](CCCCN)C(=O)OC)ccc2ccccc12. The van der Waals surface area contributed by atoms with Crippen LogP contribution in [-0.2, 0) is 28.7 Å². The molecular weight excluding hydrogens is 688 g/mol. The van der Waals surface area contributed by atoms with Crippen LogP contribution in [0.5, 0.6) is 11.5 Å². The van der Waals surface area contributed by atoms with Crippen LogP contribution >= 0.6 is 0 Å². The lowest BCUT2D eigenvalue weighted by Crippen LogP contribution is -2.41. The molecule has 0 aromatic heterocycles. The van der Waals surface area contributed by atoms with Crippen LogP contribution in [0.4, 0.5) is 0 Å². The van der Waals surface area contributed by atoms with E-state index in [2.05, 4.69) is 10.6 Å². The standard InChI is InChI=1S/C42H54N4O8/c1-51-41(49)33(17-7-9-25-43)45-37(47)19-11-27-53-35-23-21-29-13-3-5-15-31(29)39(35)40-32-16-6-4-14-30(32)22-24-36(40)54-28-12-20-38(48)46-34(42(50)52-2)18-8-10-26-44/h3-6,13-16,21-24,33-34H,7-12,17-20,25-28,43-44H2,1-2H3,(H,45,47)(H,46,48)/t33-,34-/m1/s1. The molecule has 290 valence electrons. The van der Waals surface area contributed by atoms with Gasteiger partial charge < -0.3 is 41.0 Å². The fraction of sp³-hybridized carbons (Fsp3) is 0.429. The van der Waals surface area contributed by atoms with Crippen molar-refractivity contribution in [3.8, 4) is 22.6 Å². The van der Waals surface area contributed by atoms with Crippen molar-refractivity contribution in [3.05, 3.63) is 72.8 Å². The normalized spacial score (nSPS) is 12.1. The Bertz CT molecular complexity index is 1710. The number of ether oxygens (including phenoxy) is 4. The Hall–Kier alpha value is -5.20. The van der Waals surface area contributed by atoms with Crippen LogP contribution in [0.15, 0.2) is 72.8 Å². The molecule has 12 heteroatoms. The van der Waals surface area contributed by atoms with Crippen molar-refractivity contribution in [2.75, 3.05) is 40.5 Å². The highest BCUT2D eigenvalue weighted by atomic mass is 16.5. The average Bonchev–Trinajstić information content (AvgIpc) is 3.19. The topological polar surface area (TPSA) is 181 Å². The van der Waals surface area contributed by atoms with Gasteiger partial charge in [0.1, 0.15) is 23.6 Å². The molecule has 0 aliphatic rings. The number of amides is 2. The molecule has 12 nitrogen and oxygen atoms in total. The highest BCUT2D eigenvalue weighted by Crippen LogP contribution is 2.45. The molecule has 0 fully saturated rings. The van der Waals surface area contributed by atoms with Crippen LogP contribution in [0, 0.1) is 0 Å². The minimum absolute atomic E-state index is 0.164. The van der Waals surface area contributed by atoms with E-state index in [9.17, 15) is 19.2 Å². The molecule has 0 heterocycles. The van der Waals surface area contributed by atoms with Gasteiger partial charge in [0.15, 0.2) is 0 Å². The van der Waals surface area contributed by atoms with Gasteiger partial charge in [-0.3, -0.25) is 9.59 Å². The van der Waals surface area contributed by atoms with Crippen molar-refractivity contribution in [1.29, 1.82) is 0 Å². The Morgan fingerprint density at radius 2 is 0.963 bits per heavy atom. The fourth-order valence-corrected chi connectivity index (χ4v) is 6.39. The monoisotopic (exact) mass is 742 g/mol. The van der Waals surface area contributed by atoms with Gasteiger partial charge in [0, 0.05) is 24.0 Å². The summed E-state index contributed by atoms with van der Waals surface area (Å²) < 4.78 is 22.6. The molecular formula is C42H54N4O8. The van der Waals surface area contributed by atoms with Crippen molar-refractivity contribution in [2.45, 2.75) is 76.3 Å². The van der Waals surface area contributed by atoms with Gasteiger partial charge in [0.05, 0.1) is 27.4 Å². The van der Waals surface area contributed by atoms with E-state index in [0.717, 1.165) is 45.5 Å². The molecule has 54 heavy (non-hydrogen) atoms. The minimum Gasteiger partial charge on any atom is -0.493 e. The smallest absolute Gasteiger partial charge is 0.328 e. The van der Waals surface area contributed by atoms with Gasteiger partial charge in [-0.15, -0.1) is 0 Å². The van der Waals surface area contributed by atoms with Crippen LogP contribution in [0.3, 0.4) is 0 Å². The summed E-state index contributed by atoms with van der Waals surface area (Å²) in [6.45, 7) is 1.53. The number of fused-ring (bicyclic) bond motifs is 2. The second-order valence-electron chi connectivity index (χ2n) is 13.1. The van der Waals surface area contributed by atoms with Crippen molar-refractivity contribution < 1.29 is 38.1 Å². The minimum atomic E-state index is -0.718. The quantitative estimate of drug-likeness (QED) is 0.0556. The van der Waals surface area contributed by atoms with Crippen molar-refractivity contribution >= 4 is 45.3 Å². The molecule has 2 amide bonds. The summed E-state index contributed by atoms with van der Waals surface area (Å²) in [4.78, 5) is 50.1. The van der Waals surface area contributed by atoms with E-state index in [0.29, 0.717) is 63.1 Å². The zero-order valence-electron chi connectivity index (χ0n) is 31.4. The van der Waals surface area contributed by atoms with E-state index >= 15 is 0 Å². The third-order valence-electron chi connectivity index (χ3n) is 9.18. The molecule has 0 aliphatic heterocycles. The number of rotatable bonds is 23. The fourth-order valence-electron chi connectivity index (χ4n) is 6.39. The third kappa shape index (κ3) is 11.9. The molecule has 4 aromatic rings. The van der Waals surface area contributed by atoms with Gasteiger partial charge >= 0.3 is 11.9 Å². The number of hydrogen-bond donors (Lipinski definition) is 4. The molecule has 4 aromatic carbocycles. The predicted octanol–water partition coefficient (Wildman–Crippen LogP) is 5.55. The zero-order valence-corrected chi connectivity index (χ0v) is 31.4. The van der Waals surface area contributed by atoms with E-state index in [-0.39, 0.29) is 37.9 Å². The number of nitrogens with two attached hydrogens (primary N) is 2. The highest BCUT2D eigenvalue weighted by molar-refractivity contribution is 6.09. The summed E-state index contributed by atoms with van der Waals surface area (Å²) in [7, 11) is 2.61. The molecule has 0 aliphatic carbocycles. The Kier molecular flexibility index (Phi) is 17.0. The maximum atomic E-state index is 12.8. The van der Waals surface area contributed by atoms with Crippen LogP contribution < -0.4 is 31.6 Å². The Morgan fingerprint density at radius 1 is 0.556 bits per heavy atom. The number of methoxy groups -OCH3 is 2. The lowest BCUT2D eigenvalue weighted by atomic mass is 9.92. The zero-order chi connectivity index (χ0) is 38.7. The Labute approximate surface area is 317 Å². The second-order valence-corrected chi connectivity index (χ2v) is 13.1. The summed E-state index contributed by atoms with van der Waals surface area (Å²) >= 11 is 0. The van der Waals surface area contributed by atoms with E-state index in [1.54, 1.807) is 0 Å². The van der Waals surface area contributed by atoms with Crippen molar-refractivity contribution in [3.63, 3.8) is 0 Å². The van der Waals surface area contributed by atoms with Gasteiger partial charge in [-0.05, 0) is 98.1 Å². The maximum absolute atomic E-state index is 12.8. The van der Waals surface area contributed by atoms with E-state index in [1.165, 1.54) is 14.2 Å². The number of esters is 2. The van der Waals surface area contributed by atoms with E-state index in [4.69, 9.17) is 30.4 Å². The molecule has 0 saturated heterocycles. The molecule has 0 bridgehead atoms. The first-order valence-electron chi connectivity index (χ1n) is 18.7. The van der Waals surface area contributed by atoms with Gasteiger partial charge in [0.25, 0.3) is 0 Å². The lowest BCUT2D eigenvalue weighted by Gasteiger charge is -2.20.